The van der Waals surface area contributed by atoms with E-state index >= 15 is 0 Å². The second-order valence-electron chi connectivity index (χ2n) is 3.37. The predicted molar refractivity (Wildman–Crippen MR) is 61.7 cm³/mol. The van der Waals surface area contributed by atoms with Gasteiger partial charge in [0.25, 0.3) is 0 Å². The van der Waals surface area contributed by atoms with Crippen LogP contribution >= 0.6 is 0 Å². The van der Waals surface area contributed by atoms with E-state index in [2.05, 4.69) is 10.0 Å². The van der Waals surface area contributed by atoms with Crippen molar-refractivity contribution in [3.63, 3.8) is 0 Å². The summed E-state index contributed by atoms with van der Waals surface area (Å²) in [5.74, 6) is -0.234. The first kappa shape index (κ1) is 12.7. The highest BCUT2D eigenvalue weighted by Gasteiger charge is 2.13. The third-order valence-electron chi connectivity index (χ3n) is 2.10. The van der Waals surface area contributed by atoms with Crippen LogP contribution in [-0.4, -0.2) is 21.4 Å². The van der Waals surface area contributed by atoms with Gasteiger partial charge in [0.2, 0.25) is 15.9 Å². The monoisotopic (exact) mass is 242 g/mol. The largest absolute Gasteiger partial charge is 0.326 e. The summed E-state index contributed by atoms with van der Waals surface area (Å²) in [6.45, 7) is 3.17. The molecule has 0 aliphatic carbocycles. The first-order valence-corrected chi connectivity index (χ1v) is 6.17. The maximum atomic E-state index is 11.5. The molecule has 0 unspecified atom stereocenters. The third-order valence-corrected chi connectivity index (χ3v) is 3.51. The molecular weight excluding hydrogens is 228 g/mol. The topological polar surface area (TPSA) is 75.3 Å². The Hall–Kier alpha value is -1.40. The standard InChI is InChI=1S/C10H14N2O3S/c1-7-4-5-9(16(14,15)11-3)6-10(7)12-8(2)13/h4-6,11H,1-3H3,(H,12,13). The van der Waals surface area contributed by atoms with Gasteiger partial charge in [-0.15, -0.1) is 0 Å². The molecule has 0 aromatic heterocycles. The molecule has 1 aromatic rings. The van der Waals surface area contributed by atoms with Crippen molar-refractivity contribution in [3.05, 3.63) is 23.8 Å². The molecule has 0 fully saturated rings. The van der Waals surface area contributed by atoms with Crippen LogP contribution in [0, 0.1) is 6.92 Å². The molecule has 1 rings (SSSR count). The second kappa shape index (κ2) is 4.63. The highest BCUT2D eigenvalue weighted by Crippen LogP contribution is 2.19. The number of nitrogens with one attached hydrogen (secondary N) is 2. The quantitative estimate of drug-likeness (QED) is 0.825. The number of benzene rings is 1. The van der Waals surface area contributed by atoms with E-state index < -0.39 is 10.0 Å². The van der Waals surface area contributed by atoms with E-state index in [1.165, 1.54) is 26.1 Å². The Morgan fingerprint density at radius 1 is 1.31 bits per heavy atom. The summed E-state index contributed by atoms with van der Waals surface area (Å²) in [5.41, 5.74) is 1.31. The van der Waals surface area contributed by atoms with Crippen molar-refractivity contribution in [2.75, 3.05) is 12.4 Å². The van der Waals surface area contributed by atoms with Gasteiger partial charge in [-0.2, -0.15) is 0 Å². The lowest BCUT2D eigenvalue weighted by Crippen LogP contribution is -2.19. The van der Waals surface area contributed by atoms with Crippen LogP contribution in [0.1, 0.15) is 12.5 Å². The molecule has 2 N–H and O–H groups in total. The Morgan fingerprint density at radius 3 is 2.44 bits per heavy atom. The van der Waals surface area contributed by atoms with Crippen molar-refractivity contribution in [2.45, 2.75) is 18.7 Å². The first-order chi connectivity index (χ1) is 7.36. The van der Waals surface area contributed by atoms with E-state index in [0.29, 0.717) is 5.69 Å². The van der Waals surface area contributed by atoms with Crippen LogP contribution in [0.2, 0.25) is 0 Å². The maximum absolute atomic E-state index is 11.5. The average Bonchev–Trinajstić information content (AvgIpc) is 2.20. The van der Waals surface area contributed by atoms with Crippen molar-refractivity contribution < 1.29 is 13.2 Å². The summed E-state index contributed by atoms with van der Waals surface area (Å²) in [5, 5.41) is 2.58. The highest BCUT2D eigenvalue weighted by atomic mass is 32.2. The molecule has 1 amide bonds. The zero-order valence-electron chi connectivity index (χ0n) is 9.37. The fourth-order valence-corrected chi connectivity index (χ4v) is 1.97. The Labute approximate surface area is 94.9 Å². The summed E-state index contributed by atoms with van der Waals surface area (Å²) < 4.78 is 25.3. The number of carbonyl (C=O) groups is 1. The van der Waals surface area contributed by atoms with Crippen molar-refractivity contribution in [1.29, 1.82) is 0 Å². The zero-order chi connectivity index (χ0) is 12.3. The van der Waals surface area contributed by atoms with E-state index in [-0.39, 0.29) is 10.8 Å². The molecule has 0 heterocycles. The van der Waals surface area contributed by atoms with Gasteiger partial charge in [-0.25, -0.2) is 13.1 Å². The third kappa shape index (κ3) is 2.80. The second-order valence-corrected chi connectivity index (χ2v) is 5.25. The number of amides is 1. The molecule has 0 bridgehead atoms. The van der Waals surface area contributed by atoms with Gasteiger partial charge in [-0.1, -0.05) is 6.07 Å². The molecule has 16 heavy (non-hydrogen) atoms. The number of anilines is 1. The van der Waals surface area contributed by atoms with Crippen molar-refractivity contribution >= 4 is 21.6 Å². The van der Waals surface area contributed by atoms with E-state index in [9.17, 15) is 13.2 Å². The van der Waals surface area contributed by atoms with Gasteiger partial charge >= 0.3 is 0 Å². The highest BCUT2D eigenvalue weighted by molar-refractivity contribution is 7.89. The number of sulfonamides is 1. The Kier molecular flexibility index (Phi) is 3.66. The van der Waals surface area contributed by atoms with E-state index in [1.54, 1.807) is 13.0 Å². The number of rotatable bonds is 3. The number of hydrogen-bond donors (Lipinski definition) is 2. The van der Waals surface area contributed by atoms with Crippen LogP contribution in [0.25, 0.3) is 0 Å². The average molecular weight is 242 g/mol. The van der Waals surface area contributed by atoms with Gasteiger partial charge < -0.3 is 5.32 Å². The van der Waals surface area contributed by atoms with Crippen molar-refractivity contribution in [1.82, 2.24) is 4.72 Å². The Morgan fingerprint density at radius 2 is 1.94 bits per heavy atom. The van der Waals surface area contributed by atoms with Crippen LogP contribution < -0.4 is 10.0 Å². The van der Waals surface area contributed by atoms with Crippen LogP contribution in [0.4, 0.5) is 5.69 Å². The minimum atomic E-state index is -3.47. The van der Waals surface area contributed by atoms with E-state index in [1.807, 2.05) is 0 Å². The number of hydrogen-bond acceptors (Lipinski definition) is 3. The first-order valence-electron chi connectivity index (χ1n) is 4.68. The molecule has 6 heteroatoms. The predicted octanol–water partition coefficient (Wildman–Crippen LogP) is 0.862. The smallest absolute Gasteiger partial charge is 0.240 e. The Bertz CT molecular complexity index is 509. The minimum Gasteiger partial charge on any atom is -0.326 e. The lowest BCUT2D eigenvalue weighted by Gasteiger charge is -2.09. The molecule has 0 radical (unpaired) electrons. The molecule has 88 valence electrons. The molecule has 0 aliphatic rings. The summed E-state index contributed by atoms with van der Waals surface area (Å²) in [6.07, 6.45) is 0. The Balaban J connectivity index is 3.22. The molecule has 0 aliphatic heterocycles. The summed E-state index contributed by atoms with van der Waals surface area (Å²) >= 11 is 0. The van der Waals surface area contributed by atoms with Gasteiger partial charge in [0, 0.05) is 12.6 Å². The molecule has 0 saturated carbocycles. The molecule has 5 nitrogen and oxygen atoms in total. The molecular formula is C10H14N2O3S. The van der Waals surface area contributed by atoms with Crippen LogP contribution in [0.5, 0.6) is 0 Å². The summed E-state index contributed by atoms with van der Waals surface area (Å²) in [4.78, 5) is 11.0. The van der Waals surface area contributed by atoms with E-state index in [4.69, 9.17) is 0 Å². The minimum absolute atomic E-state index is 0.129. The van der Waals surface area contributed by atoms with Crippen LogP contribution in [0.3, 0.4) is 0 Å². The lowest BCUT2D eigenvalue weighted by atomic mass is 10.2. The summed E-state index contributed by atoms with van der Waals surface area (Å²) in [6, 6.07) is 4.57. The summed E-state index contributed by atoms with van der Waals surface area (Å²) in [7, 11) is -2.13. The zero-order valence-corrected chi connectivity index (χ0v) is 10.2. The van der Waals surface area contributed by atoms with Gasteiger partial charge in [0.1, 0.15) is 0 Å². The molecule has 0 atom stereocenters. The van der Waals surface area contributed by atoms with Gasteiger partial charge in [0.15, 0.2) is 0 Å². The van der Waals surface area contributed by atoms with Gasteiger partial charge in [0.05, 0.1) is 4.90 Å². The maximum Gasteiger partial charge on any atom is 0.240 e. The van der Waals surface area contributed by atoms with Gasteiger partial charge in [-0.3, -0.25) is 4.79 Å². The molecule has 1 aromatic carbocycles. The van der Waals surface area contributed by atoms with Crippen LogP contribution in [-0.2, 0) is 14.8 Å². The normalized spacial score (nSPS) is 11.2. The fraction of sp³-hybridized carbons (Fsp3) is 0.300. The number of carbonyl (C=O) groups excluding carboxylic acids is 1. The lowest BCUT2D eigenvalue weighted by molar-refractivity contribution is -0.114. The van der Waals surface area contributed by atoms with E-state index in [0.717, 1.165) is 5.56 Å². The molecule has 0 spiro atoms. The SMILES string of the molecule is CNS(=O)(=O)c1ccc(C)c(NC(C)=O)c1. The van der Waals surface area contributed by atoms with Gasteiger partial charge in [-0.05, 0) is 31.7 Å². The fourth-order valence-electron chi connectivity index (χ4n) is 1.21. The number of aryl methyl sites for hydroxylation is 1. The van der Waals surface area contributed by atoms with Crippen molar-refractivity contribution in [2.24, 2.45) is 0 Å². The van der Waals surface area contributed by atoms with Crippen molar-refractivity contribution in [3.8, 4) is 0 Å². The molecule has 0 saturated heterocycles. The van der Waals surface area contributed by atoms with Crippen LogP contribution in [0.15, 0.2) is 23.1 Å².